The van der Waals surface area contributed by atoms with Crippen LogP contribution in [0, 0.1) is 6.92 Å². The zero-order chi connectivity index (χ0) is 19.6. The summed E-state index contributed by atoms with van der Waals surface area (Å²) in [6.45, 7) is 3.81. The molecule has 7 nitrogen and oxygen atoms in total. The van der Waals surface area contributed by atoms with Gasteiger partial charge < -0.3 is 15.0 Å². The van der Waals surface area contributed by atoms with Crippen molar-refractivity contribution < 1.29 is 9.53 Å². The van der Waals surface area contributed by atoms with Crippen molar-refractivity contribution in [1.29, 1.82) is 0 Å². The highest BCUT2D eigenvalue weighted by Crippen LogP contribution is 2.22. The van der Waals surface area contributed by atoms with E-state index in [-0.39, 0.29) is 22.5 Å². The normalized spacial score (nSPS) is 11.9. The molecule has 0 radical (unpaired) electrons. The van der Waals surface area contributed by atoms with Crippen molar-refractivity contribution >= 4 is 17.5 Å². The SMILES string of the molecule is COc1ccc(-n2ncc([C@H](C)NC(=O)c3c[nH]c(=O)c(Cl)c3)c2C)cc1. The summed E-state index contributed by atoms with van der Waals surface area (Å²) < 4.78 is 6.97. The van der Waals surface area contributed by atoms with Gasteiger partial charge in [0.05, 0.1) is 30.6 Å². The van der Waals surface area contributed by atoms with Gasteiger partial charge in [0.2, 0.25) is 0 Å². The Morgan fingerprint density at radius 3 is 2.67 bits per heavy atom. The average Bonchev–Trinajstić information content (AvgIpc) is 3.05. The van der Waals surface area contributed by atoms with Crippen LogP contribution in [0.15, 0.2) is 47.5 Å². The van der Waals surface area contributed by atoms with Crippen LogP contribution in [0.25, 0.3) is 5.69 Å². The third-order valence-electron chi connectivity index (χ3n) is 4.30. The number of aromatic nitrogens is 3. The molecule has 0 spiro atoms. The first-order valence-electron chi connectivity index (χ1n) is 8.28. The first kappa shape index (κ1) is 18.7. The topological polar surface area (TPSA) is 89.0 Å². The van der Waals surface area contributed by atoms with E-state index in [0.29, 0.717) is 0 Å². The van der Waals surface area contributed by atoms with Crippen LogP contribution in [0.1, 0.15) is 34.6 Å². The number of halogens is 1. The molecule has 1 aromatic carbocycles. The van der Waals surface area contributed by atoms with E-state index < -0.39 is 5.56 Å². The van der Waals surface area contributed by atoms with Crippen LogP contribution in [0.3, 0.4) is 0 Å². The molecule has 8 heteroatoms. The molecule has 1 atom stereocenters. The second-order valence-corrected chi connectivity index (χ2v) is 6.46. The lowest BCUT2D eigenvalue weighted by molar-refractivity contribution is 0.0939. The smallest absolute Gasteiger partial charge is 0.266 e. The van der Waals surface area contributed by atoms with Crippen LogP contribution in [0.5, 0.6) is 5.75 Å². The van der Waals surface area contributed by atoms with Crippen LogP contribution in [0.4, 0.5) is 0 Å². The molecule has 0 aliphatic rings. The van der Waals surface area contributed by atoms with Crippen molar-refractivity contribution in [3.63, 3.8) is 0 Å². The van der Waals surface area contributed by atoms with E-state index in [1.807, 2.05) is 38.1 Å². The number of aromatic amines is 1. The number of rotatable bonds is 5. The van der Waals surface area contributed by atoms with Gasteiger partial charge in [-0.2, -0.15) is 5.10 Å². The van der Waals surface area contributed by atoms with Gasteiger partial charge in [-0.05, 0) is 44.2 Å². The van der Waals surface area contributed by atoms with Crippen LogP contribution < -0.4 is 15.6 Å². The zero-order valence-corrected chi connectivity index (χ0v) is 15.9. The molecular weight excluding hydrogens is 368 g/mol. The lowest BCUT2D eigenvalue weighted by Gasteiger charge is -2.14. The number of ether oxygens (including phenoxy) is 1. The minimum absolute atomic E-state index is 0.0289. The lowest BCUT2D eigenvalue weighted by Crippen LogP contribution is -2.27. The maximum absolute atomic E-state index is 12.4. The fourth-order valence-electron chi connectivity index (χ4n) is 2.78. The van der Waals surface area contributed by atoms with E-state index >= 15 is 0 Å². The number of carbonyl (C=O) groups excluding carboxylic acids is 1. The molecular formula is C19H19ClN4O3. The molecule has 0 fully saturated rings. The van der Waals surface area contributed by atoms with Crippen molar-refractivity contribution in [3.8, 4) is 11.4 Å². The summed E-state index contributed by atoms with van der Waals surface area (Å²) in [4.78, 5) is 26.2. The second-order valence-electron chi connectivity index (χ2n) is 6.06. The molecule has 0 unspecified atom stereocenters. The zero-order valence-electron chi connectivity index (χ0n) is 15.1. The molecule has 140 valence electrons. The Bertz CT molecular complexity index is 1020. The third kappa shape index (κ3) is 3.88. The number of hydrogen-bond acceptors (Lipinski definition) is 4. The Balaban J connectivity index is 1.79. The molecule has 0 aliphatic carbocycles. The molecule has 0 aliphatic heterocycles. The maximum Gasteiger partial charge on any atom is 0.266 e. The Morgan fingerprint density at radius 2 is 2.04 bits per heavy atom. The highest BCUT2D eigenvalue weighted by Gasteiger charge is 2.18. The number of hydrogen-bond donors (Lipinski definition) is 2. The highest BCUT2D eigenvalue weighted by atomic mass is 35.5. The Morgan fingerprint density at radius 1 is 1.33 bits per heavy atom. The van der Waals surface area contributed by atoms with Crippen LogP contribution >= 0.6 is 11.6 Å². The van der Waals surface area contributed by atoms with E-state index in [0.717, 1.165) is 22.7 Å². The van der Waals surface area contributed by atoms with E-state index in [9.17, 15) is 9.59 Å². The molecule has 2 heterocycles. The predicted octanol–water partition coefficient (Wildman–Crippen LogP) is 3.02. The molecule has 27 heavy (non-hydrogen) atoms. The molecule has 1 amide bonds. The van der Waals surface area contributed by atoms with Crippen LogP contribution in [-0.4, -0.2) is 27.8 Å². The summed E-state index contributed by atoms with van der Waals surface area (Å²) in [5.74, 6) is 0.432. The van der Waals surface area contributed by atoms with Gasteiger partial charge >= 0.3 is 0 Å². The van der Waals surface area contributed by atoms with Crippen molar-refractivity contribution in [2.24, 2.45) is 0 Å². The number of methoxy groups -OCH3 is 1. The summed E-state index contributed by atoms with van der Waals surface area (Å²) in [6.07, 6.45) is 3.06. The fraction of sp³-hybridized carbons (Fsp3) is 0.211. The molecule has 3 rings (SSSR count). The van der Waals surface area contributed by atoms with Crippen molar-refractivity contribution in [2.75, 3.05) is 7.11 Å². The summed E-state index contributed by atoms with van der Waals surface area (Å²) in [5.41, 5.74) is 2.54. The Hall–Kier alpha value is -3.06. The summed E-state index contributed by atoms with van der Waals surface area (Å²) >= 11 is 5.78. The van der Waals surface area contributed by atoms with Crippen LogP contribution in [-0.2, 0) is 0 Å². The number of benzene rings is 1. The number of amides is 1. The molecule has 0 saturated carbocycles. The number of carbonyl (C=O) groups is 1. The fourth-order valence-corrected chi connectivity index (χ4v) is 2.95. The van der Waals surface area contributed by atoms with Crippen molar-refractivity contribution in [1.82, 2.24) is 20.1 Å². The van der Waals surface area contributed by atoms with Gasteiger partial charge in [0.1, 0.15) is 10.8 Å². The van der Waals surface area contributed by atoms with Crippen molar-refractivity contribution in [2.45, 2.75) is 19.9 Å². The van der Waals surface area contributed by atoms with Gasteiger partial charge in [0.25, 0.3) is 11.5 Å². The van der Waals surface area contributed by atoms with E-state index in [2.05, 4.69) is 15.4 Å². The Kier molecular flexibility index (Phi) is 5.32. The van der Waals surface area contributed by atoms with Gasteiger partial charge in [-0.25, -0.2) is 4.68 Å². The minimum atomic E-state index is -0.433. The number of H-pyrrole nitrogens is 1. The van der Waals surface area contributed by atoms with Gasteiger partial charge in [0.15, 0.2) is 0 Å². The quantitative estimate of drug-likeness (QED) is 0.705. The average molecular weight is 387 g/mol. The molecule has 3 aromatic rings. The lowest BCUT2D eigenvalue weighted by atomic mass is 10.1. The summed E-state index contributed by atoms with van der Waals surface area (Å²) in [6, 6.07) is 8.61. The maximum atomic E-state index is 12.4. The Labute approximate surface area is 160 Å². The molecule has 0 saturated heterocycles. The first-order valence-corrected chi connectivity index (χ1v) is 8.66. The predicted molar refractivity (Wildman–Crippen MR) is 103 cm³/mol. The van der Waals surface area contributed by atoms with Crippen LogP contribution in [0.2, 0.25) is 5.02 Å². The van der Waals surface area contributed by atoms with E-state index in [4.69, 9.17) is 16.3 Å². The monoisotopic (exact) mass is 386 g/mol. The van der Waals surface area contributed by atoms with Gasteiger partial charge in [-0.15, -0.1) is 0 Å². The van der Waals surface area contributed by atoms with Gasteiger partial charge in [-0.3, -0.25) is 9.59 Å². The summed E-state index contributed by atoms with van der Waals surface area (Å²) in [5, 5.41) is 7.29. The highest BCUT2D eigenvalue weighted by molar-refractivity contribution is 6.30. The number of nitrogens with one attached hydrogen (secondary N) is 2. The van der Waals surface area contributed by atoms with Gasteiger partial charge in [0, 0.05) is 17.5 Å². The molecule has 2 aromatic heterocycles. The van der Waals surface area contributed by atoms with Crippen molar-refractivity contribution in [3.05, 3.63) is 74.9 Å². The third-order valence-corrected chi connectivity index (χ3v) is 4.58. The molecule has 2 N–H and O–H groups in total. The van der Waals surface area contributed by atoms with E-state index in [1.165, 1.54) is 12.3 Å². The second kappa shape index (κ2) is 7.67. The standard InChI is InChI=1S/C19H19ClN4O3/c1-11(23-18(25)13-8-17(20)19(26)21-9-13)16-10-22-24(12(16)2)14-4-6-15(27-3)7-5-14/h4-11H,1-3H3,(H,21,26)(H,23,25)/t11-/m0/s1. The minimum Gasteiger partial charge on any atom is -0.497 e. The first-order chi connectivity index (χ1) is 12.9. The number of nitrogens with zero attached hydrogens (tertiary/aromatic N) is 2. The summed E-state index contributed by atoms with van der Waals surface area (Å²) in [7, 11) is 1.62. The van der Waals surface area contributed by atoms with Gasteiger partial charge in [-0.1, -0.05) is 11.6 Å². The van der Waals surface area contributed by atoms with E-state index in [1.54, 1.807) is 18.0 Å². The number of pyridine rings is 1. The molecule has 0 bridgehead atoms. The largest absolute Gasteiger partial charge is 0.497 e.